The summed E-state index contributed by atoms with van der Waals surface area (Å²) in [7, 11) is 0. The van der Waals surface area contributed by atoms with Gasteiger partial charge in [-0.05, 0) is 31.6 Å². The van der Waals surface area contributed by atoms with Gasteiger partial charge in [0.25, 0.3) is 0 Å². The van der Waals surface area contributed by atoms with Crippen molar-refractivity contribution >= 4 is 0 Å². The largest absolute Gasteiger partial charge is 0.390 e. The van der Waals surface area contributed by atoms with Crippen LogP contribution >= 0.6 is 0 Å². The van der Waals surface area contributed by atoms with Crippen molar-refractivity contribution in [1.82, 2.24) is 0 Å². The summed E-state index contributed by atoms with van der Waals surface area (Å²) in [6.45, 7) is 0. The third-order valence-electron chi connectivity index (χ3n) is 2.80. The van der Waals surface area contributed by atoms with Crippen LogP contribution in [0.4, 0.5) is 0 Å². The zero-order chi connectivity index (χ0) is 6.48. The molecule has 0 aromatic carbocycles. The van der Waals surface area contributed by atoms with Gasteiger partial charge in [-0.2, -0.15) is 0 Å². The summed E-state index contributed by atoms with van der Waals surface area (Å²) in [5.41, 5.74) is -0.676. The van der Waals surface area contributed by atoms with Crippen molar-refractivity contribution in [3.63, 3.8) is 0 Å². The maximum Gasteiger partial charge on any atom is 0.0908 e. The molecule has 2 bridgehead atoms. The Balaban J connectivity index is 2.22. The molecule has 2 N–H and O–H groups in total. The Morgan fingerprint density at radius 3 is 2.44 bits per heavy atom. The Bertz CT molecular complexity index is 135. The highest BCUT2D eigenvalue weighted by Crippen LogP contribution is 2.47. The van der Waals surface area contributed by atoms with Crippen molar-refractivity contribution in [2.24, 2.45) is 5.92 Å². The van der Waals surface area contributed by atoms with Crippen molar-refractivity contribution in [2.45, 2.75) is 37.4 Å². The maximum absolute atomic E-state index is 9.56. The molecular weight excluding hydrogens is 116 g/mol. The van der Waals surface area contributed by atoms with E-state index in [1.165, 1.54) is 0 Å². The first-order chi connectivity index (χ1) is 4.21. The van der Waals surface area contributed by atoms with E-state index >= 15 is 0 Å². The minimum Gasteiger partial charge on any atom is -0.390 e. The zero-order valence-corrected chi connectivity index (χ0v) is 5.38. The number of rotatable bonds is 0. The summed E-state index contributed by atoms with van der Waals surface area (Å²) in [4.78, 5) is 0. The van der Waals surface area contributed by atoms with Gasteiger partial charge in [0, 0.05) is 0 Å². The Morgan fingerprint density at radius 2 is 2.22 bits per heavy atom. The minimum atomic E-state index is -0.676. The first-order valence-electron chi connectivity index (χ1n) is 3.61. The van der Waals surface area contributed by atoms with Crippen LogP contribution in [-0.4, -0.2) is 21.9 Å². The first-order valence-corrected chi connectivity index (χ1v) is 3.61. The Hall–Kier alpha value is -0.0800. The molecule has 9 heavy (non-hydrogen) atoms. The zero-order valence-electron chi connectivity index (χ0n) is 5.38. The second-order valence-electron chi connectivity index (χ2n) is 3.46. The first kappa shape index (κ1) is 5.69. The van der Waals surface area contributed by atoms with Gasteiger partial charge in [-0.1, -0.05) is 0 Å². The lowest BCUT2D eigenvalue weighted by Crippen LogP contribution is -2.36. The molecule has 2 heteroatoms. The third kappa shape index (κ3) is 0.634. The van der Waals surface area contributed by atoms with Gasteiger partial charge in [0.2, 0.25) is 0 Å². The van der Waals surface area contributed by atoms with E-state index in [0.29, 0.717) is 5.92 Å². The highest BCUT2D eigenvalue weighted by Gasteiger charge is 2.50. The van der Waals surface area contributed by atoms with Crippen LogP contribution in [0.1, 0.15) is 25.7 Å². The molecule has 0 spiro atoms. The van der Waals surface area contributed by atoms with Crippen LogP contribution in [0, 0.1) is 5.92 Å². The fourth-order valence-electron chi connectivity index (χ4n) is 2.20. The lowest BCUT2D eigenvalue weighted by molar-refractivity contribution is -0.0561. The monoisotopic (exact) mass is 128 g/mol. The van der Waals surface area contributed by atoms with E-state index in [4.69, 9.17) is 0 Å². The number of hydrogen-bond donors (Lipinski definition) is 2. The highest BCUT2D eigenvalue weighted by molar-refractivity contribution is 5.02. The third-order valence-corrected chi connectivity index (χ3v) is 2.80. The second-order valence-corrected chi connectivity index (χ2v) is 3.46. The molecule has 2 fully saturated rings. The predicted molar refractivity (Wildman–Crippen MR) is 32.9 cm³/mol. The predicted octanol–water partition coefficient (Wildman–Crippen LogP) is 0.282. The van der Waals surface area contributed by atoms with Crippen molar-refractivity contribution in [3.05, 3.63) is 0 Å². The van der Waals surface area contributed by atoms with E-state index in [0.717, 1.165) is 25.7 Å². The van der Waals surface area contributed by atoms with Crippen LogP contribution in [0.15, 0.2) is 0 Å². The Kier molecular flexibility index (Phi) is 0.945. The minimum absolute atomic E-state index is 0.420. The van der Waals surface area contributed by atoms with Crippen molar-refractivity contribution < 1.29 is 10.2 Å². The molecule has 0 aromatic rings. The van der Waals surface area contributed by atoms with E-state index in [1.54, 1.807) is 0 Å². The molecule has 52 valence electrons. The molecule has 2 saturated carbocycles. The van der Waals surface area contributed by atoms with Crippen molar-refractivity contribution in [2.75, 3.05) is 0 Å². The molecule has 0 heterocycles. The molecule has 3 atom stereocenters. The van der Waals surface area contributed by atoms with E-state index in [-0.39, 0.29) is 0 Å². The number of hydrogen-bond acceptors (Lipinski definition) is 2. The van der Waals surface area contributed by atoms with Crippen LogP contribution in [0.2, 0.25) is 0 Å². The highest BCUT2D eigenvalue weighted by atomic mass is 16.3. The van der Waals surface area contributed by atoms with Crippen LogP contribution < -0.4 is 0 Å². The van der Waals surface area contributed by atoms with Gasteiger partial charge in [-0.25, -0.2) is 0 Å². The normalized spacial score (nSPS) is 56.7. The standard InChI is InChI=1S/C7H12O2/c8-6-3-5-1-2-7(6,9)4-5/h5-6,8-9H,1-4H2/t5-,6+,7-/m1/s1. The average Bonchev–Trinajstić information content (AvgIpc) is 2.22. The van der Waals surface area contributed by atoms with Crippen LogP contribution in [-0.2, 0) is 0 Å². The van der Waals surface area contributed by atoms with E-state index in [9.17, 15) is 10.2 Å². The van der Waals surface area contributed by atoms with Crippen molar-refractivity contribution in [3.8, 4) is 0 Å². The van der Waals surface area contributed by atoms with Gasteiger partial charge in [-0.3, -0.25) is 0 Å². The molecule has 0 radical (unpaired) electrons. The summed E-state index contributed by atoms with van der Waals surface area (Å²) in [5, 5.41) is 18.8. The quantitative estimate of drug-likeness (QED) is 0.492. The van der Waals surface area contributed by atoms with Gasteiger partial charge in [0.15, 0.2) is 0 Å². The molecule has 2 nitrogen and oxygen atoms in total. The van der Waals surface area contributed by atoms with Gasteiger partial charge >= 0.3 is 0 Å². The molecule has 0 saturated heterocycles. The van der Waals surface area contributed by atoms with Gasteiger partial charge < -0.3 is 10.2 Å². The second kappa shape index (κ2) is 1.50. The molecular formula is C7H12O2. The number of fused-ring (bicyclic) bond motifs is 2. The van der Waals surface area contributed by atoms with Crippen LogP contribution in [0.25, 0.3) is 0 Å². The maximum atomic E-state index is 9.56. The van der Waals surface area contributed by atoms with Crippen LogP contribution in [0.3, 0.4) is 0 Å². The molecule has 2 aliphatic carbocycles. The van der Waals surface area contributed by atoms with E-state index in [1.807, 2.05) is 0 Å². The average molecular weight is 128 g/mol. The molecule has 0 aliphatic heterocycles. The van der Waals surface area contributed by atoms with Gasteiger partial charge in [0.1, 0.15) is 0 Å². The fourth-order valence-corrected chi connectivity index (χ4v) is 2.20. The van der Waals surface area contributed by atoms with Gasteiger partial charge in [-0.15, -0.1) is 0 Å². The summed E-state index contributed by atoms with van der Waals surface area (Å²) in [6.07, 6.45) is 3.19. The van der Waals surface area contributed by atoms with Crippen LogP contribution in [0.5, 0.6) is 0 Å². The number of aliphatic hydroxyl groups is 2. The number of aliphatic hydroxyl groups excluding tert-OH is 1. The SMILES string of the molecule is O[C@H]1C[C@H]2CC[C@@]1(O)C2. The Morgan fingerprint density at radius 1 is 1.44 bits per heavy atom. The van der Waals surface area contributed by atoms with Gasteiger partial charge in [0.05, 0.1) is 11.7 Å². The summed E-state index contributed by atoms with van der Waals surface area (Å²) >= 11 is 0. The summed E-state index contributed by atoms with van der Waals surface area (Å²) in [6, 6.07) is 0. The smallest absolute Gasteiger partial charge is 0.0908 e. The topological polar surface area (TPSA) is 40.5 Å². The summed E-state index contributed by atoms with van der Waals surface area (Å²) < 4.78 is 0. The van der Waals surface area contributed by atoms with E-state index in [2.05, 4.69) is 0 Å². The molecule has 2 aliphatic rings. The fraction of sp³-hybridized carbons (Fsp3) is 1.00. The molecule has 2 rings (SSSR count). The van der Waals surface area contributed by atoms with Crippen molar-refractivity contribution in [1.29, 1.82) is 0 Å². The molecule has 0 aromatic heterocycles. The lowest BCUT2D eigenvalue weighted by atomic mass is 9.94. The summed E-state index contributed by atoms with van der Waals surface area (Å²) in [5.74, 6) is 0.616. The molecule has 0 unspecified atom stereocenters. The Labute approximate surface area is 54.5 Å². The van der Waals surface area contributed by atoms with E-state index < -0.39 is 11.7 Å². The lowest BCUT2D eigenvalue weighted by Gasteiger charge is -2.24. The molecule has 0 amide bonds.